The van der Waals surface area contributed by atoms with Gasteiger partial charge in [-0.15, -0.1) is 0 Å². The molecular weight excluding hydrogens is 100 g/mol. The van der Waals surface area contributed by atoms with Crippen molar-refractivity contribution in [1.82, 2.24) is 0 Å². The van der Waals surface area contributed by atoms with Crippen LogP contribution in [-0.4, -0.2) is 5.54 Å². The highest BCUT2D eigenvalue weighted by Gasteiger charge is 2.42. The highest BCUT2D eigenvalue weighted by Crippen LogP contribution is 2.36. The van der Waals surface area contributed by atoms with Gasteiger partial charge in [0.15, 0.2) is 5.54 Å². The Hall–Kier alpha value is -0.550. The minimum absolute atomic E-state index is 0.292. The molecule has 0 radical (unpaired) electrons. The maximum absolute atomic E-state index is 8.49. The third kappa shape index (κ3) is 0.823. The van der Waals surface area contributed by atoms with Gasteiger partial charge in [0.1, 0.15) is 6.07 Å². The van der Waals surface area contributed by atoms with Crippen molar-refractivity contribution in [2.75, 3.05) is 0 Å². The molecule has 8 heavy (non-hydrogen) atoms. The van der Waals surface area contributed by atoms with Crippen LogP contribution in [0.15, 0.2) is 0 Å². The number of quaternary nitrogens is 1. The van der Waals surface area contributed by atoms with Crippen molar-refractivity contribution in [2.45, 2.75) is 25.3 Å². The van der Waals surface area contributed by atoms with E-state index in [4.69, 9.17) is 5.26 Å². The van der Waals surface area contributed by atoms with Crippen molar-refractivity contribution in [3.05, 3.63) is 0 Å². The standard InChI is InChI=1S/C6H10N2/c1-6(8,4-7)5-2-3-5/h5H,2-3,8H2,1H3/p+1/t6-/m0/s1. The maximum Gasteiger partial charge on any atom is 0.181 e. The summed E-state index contributed by atoms with van der Waals surface area (Å²) in [6.45, 7) is 1.91. The summed E-state index contributed by atoms with van der Waals surface area (Å²) in [5.74, 6) is 0.590. The first-order valence-corrected chi connectivity index (χ1v) is 2.93. The first kappa shape index (κ1) is 5.58. The van der Waals surface area contributed by atoms with Crippen LogP contribution in [0.3, 0.4) is 0 Å². The fourth-order valence-electron chi connectivity index (χ4n) is 0.812. The van der Waals surface area contributed by atoms with Gasteiger partial charge in [0, 0.05) is 12.8 Å². The molecule has 3 N–H and O–H groups in total. The monoisotopic (exact) mass is 111 g/mol. The van der Waals surface area contributed by atoms with E-state index in [1.165, 1.54) is 12.8 Å². The lowest BCUT2D eigenvalue weighted by Crippen LogP contribution is -2.71. The zero-order valence-corrected chi connectivity index (χ0v) is 5.15. The molecule has 1 saturated carbocycles. The summed E-state index contributed by atoms with van der Waals surface area (Å²) < 4.78 is 0. The Kier molecular flexibility index (Phi) is 1.02. The molecule has 0 saturated heterocycles. The van der Waals surface area contributed by atoms with E-state index in [2.05, 4.69) is 11.8 Å². The maximum atomic E-state index is 8.49. The molecule has 0 aromatic heterocycles. The first-order chi connectivity index (χ1) is 3.67. The molecule has 1 aliphatic carbocycles. The van der Waals surface area contributed by atoms with Gasteiger partial charge >= 0.3 is 0 Å². The topological polar surface area (TPSA) is 51.4 Å². The molecule has 1 fully saturated rings. The largest absolute Gasteiger partial charge is 0.341 e. The van der Waals surface area contributed by atoms with Crippen LogP contribution in [0.2, 0.25) is 0 Å². The quantitative estimate of drug-likeness (QED) is 0.505. The minimum Gasteiger partial charge on any atom is -0.341 e. The summed E-state index contributed by atoms with van der Waals surface area (Å²) >= 11 is 0. The second-order valence-corrected chi connectivity index (χ2v) is 2.80. The molecule has 0 bridgehead atoms. The molecule has 0 unspecified atom stereocenters. The summed E-state index contributed by atoms with van der Waals surface area (Å²) in [6, 6.07) is 2.19. The van der Waals surface area contributed by atoms with Crippen molar-refractivity contribution in [3.8, 4) is 6.07 Å². The molecular formula is C6H11N2+. The molecule has 1 atom stereocenters. The molecule has 0 spiro atoms. The van der Waals surface area contributed by atoms with E-state index in [1.807, 2.05) is 6.92 Å². The van der Waals surface area contributed by atoms with Crippen molar-refractivity contribution in [1.29, 1.82) is 5.26 Å². The lowest BCUT2D eigenvalue weighted by atomic mass is 10.0. The molecule has 0 aliphatic heterocycles. The second kappa shape index (κ2) is 1.46. The van der Waals surface area contributed by atoms with Crippen molar-refractivity contribution in [2.24, 2.45) is 5.92 Å². The predicted molar refractivity (Wildman–Crippen MR) is 29.6 cm³/mol. The average Bonchev–Trinajstić information content (AvgIpc) is 2.44. The molecule has 0 heterocycles. The Balaban J connectivity index is 2.53. The average molecular weight is 111 g/mol. The van der Waals surface area contributed by atoms with Crippen LogP contribution in [0.25, 0.3) is 0 Å². The number of rotatable bonds is 1. The number of nitriles is 1. The molecule has 1 aliphatic rings. The van der Waals surface area contributed by atoms with Crippen LogP contribution >= 0.6 is 0 Å². The molecule has 0 amide bonds. The molecule has 2 nitrogen and oxygen atoms in total. The molecule has 2 heteroatoms. The highest BCUT2D eigenvalue weighted by molar-refractivity contribution is 5.04. The van der Waals surface area contributed by atoms with Crippen LogP contribution < -0.4 is 5.73 Å². The summed E-state index contributed by atoms with van der Waals surface area (Å²) in [4.78, 5) is 0. The predicted octanol–water partition coefficient (Wildman–Crippen LogP) is -0.0794. The van der Waals surface area contributed by atoms with Gasteiger partial charge < -0.3 is 5.73 Å². The van der Waals surface area contributed by atoms with Gasteiger partial charge in [-0.25, -0.2) is 0 Å². The van der Waals surface area contributed by atoms with E-state index in [0.717, 1.165) is 0 Å². The fraction of sp³-hybridized carbons (Fsp3) is 0.833. The normalized spacial score (nSPS) is 26.1. The highest BCUT2D eigenvalue weighted by atomic mass is 14.8. The van der Waals surface area contributed by atoms with Crippen LogP contribution in [-0.2, 0) is 0 Å². The van der Waals surface area contributed by atoms with Crippen LogP contribution in [0.4, 0.5) is 0 Å². The Morgan fingerprint density at radius 1 is 1.75 bits per heavy atom. The Labute approximate surface area is 49.3 Å². The zero-order valence-electron chi connectivity index (χ0n) is 5.15. The van der Waals surface area contributed by atoms with Crippen LogP contribution in [0.5, 0.6) is 0 Å². The van der Waals surface area contributed by atoms with E-state index in [9.17, 15) is 0 Å². The molecule has 1 rings (SSSR count). The third-order valence-corrected chi connectivity index (χ3v) is 1.73. The van der Waals surface area contributed by atoms with E-state index in [0.29, 0.717) is 5.92 Å². The number of hydrogen-bond donors (Lipinski definition) is 1. The second-order valence-electron chi connectivity index (χ2n) is 2.80. The summed E-state index contributed by atoms with van der Waals surface area (Å²) in [5, 5.41) is 8.49. The number of nitrogens with zero attached hydrogens (tertiary/aromatic N) is 1. The Bertz CT molecular complexity index is 128. The summed E-state index contributed by atoms with van der Waals surface area (Å²) in [7, 11) is 0. The van der Waals surface area contributed by atoms with Gasteiger partial charge in [-0.3, -0.25) is 0 Å². The molecule has 44 valence electrons. The van der Waals surface area contributed by atoms with Crippen LogP contribution in [0, 0.1) is 17.2 Å². The Morgan fingerprint density at radius 3 is 2.38 bits per heavy atom. The minimum atomic E-state index is -0.292. The van der Waals surface area contributed by atoms with Crippen LogP contribution in [0.1, 0.15) is 19.8 Å². The van der Waals surface area contributed by atoms with Gasteiger partial charge in [-0.05, 0) is 12.8 Å². The van der Waals surface area contributed by atoms with Gasteiger partial charge in [0.05, 0.1) is 0 Å². The van der Waals surface area contributed by atoms with Gasteiger partial charge in [0.25, 0.3) is 0 Å². The van der Waals surface area contributed by atoms with Gasteiger partial charge in [-0.1, -0.05) is 0 Å². The number of hydrogen-bond acceptors (Lipinski definition) is 1. The third-order valence-electron chi connectivity index (χ3n) is 1.73. The van der Waals surface area contributed by atoms with Crippen molar-refractivity contribution in [3.63, 3.8) is 0 Å². The Morgan fingerprint density at radius 2 is 2.25 bits per heavy atom. The summed E-state index contributed by atoms with van der Waals surface area (Å²) in [6.07, 6.45) is 2.40. The van der Waals surface area contributed by atoms with E-state index >= 15 is 0 Å². The first-order valence-electron chi connectivity index (χ1n) is 2.93. The fourth-order valence-corrected chi connectivity index (χ4v) is 0.812. The van der Waals surface area contributed by atoms with E-state index in [1.54, 1.807) is 0 Å². The van der Waals surface area contributed by atoms with E-state index in [-0.39, 0.29) is 5.54 Å². The molecule has 0 aromatic carbocycles. The molecule has 0 aromatic rings. The zero-order chi connectivity index (χ0) is 6.20. The van der Waals surface area contributed by atoms with Crippen molar-refractivity contribution >= 4 is 0 Å². The van der Waals surface area contributed by atoms with Gasteiger partial charge in [-0.2, -0.15) is 5.26 Å². The van der Waals surface area contributed by atoms with Crippen molar-refractivity contribution < 1.29 is 5.73 Å². The lowest BCUT2D eigenvalue weighted by Gasteiger charge is -2.07. The van der Waals surface area contributed by atoms with Gasteiger partial charge in [0.2, 0.25) is 0 Å². The lowest BCUT2D eigenvalue weighted by molar-refractivity contribution is -0.456. The SMILES string of the molecule is C[C@]([NH3+])(C#N)C1CC1. The smallest absolute Gasteiger partial charge is 0.181 e. The van der Waals surface area contributed by atoms with E-state index < -0.39 is 0 Å². The summed E-state index contributed by atoms with van der Waals surface area (Å²) in [5.41, 5.74) is 3.50.